The number of fused-ring (bicyclic) bond motifs is 1. The number of Topliss-reactive ketones (excluding diaryl/α,β-unsaturated/α-hetero) is 1. The predicted molar refractivity (Wildman–Crippen MR) is 118 cm³/mol. The molecule has 0 aliphatic rings. The zero-order valence-corrected chi connectivity index (χ0v) is 17.1. The average Bonchev–Trinajstić information content (AvgIpc) is 3.14. The summed E-state index contributed by atoms with van der Waals surface area (Å²) in [6.07, 6.45) is 1.76. The average molecular weight is 398 g/mol. The van der Waals surface area contributed by atoms with Crippen molar-refractivity contribution in [2.45, 2.75) is 26.8 Å². The molecule has 6 heteroatoms. The SMILES string of the molecule is CC(=O)c1cccc(NC(=O)c2cccc(-c3nc4cccnc4n3C(C)C)c2)c1. The van der Waals surface area contributed by atoms with Gasteiger partial charge in [0.05, 0.1) is 0 Å². The molecule has 0 atom stereocenters. The Bertz CT molecular complexity index is 1260. The molecule has 2 heterocycles. The minimum atomic E-state index is -0.247. The highest BCUT2D eigenvalue weighted by molar-refractivity contribution is 6.05. The fourth-order valence-electron chi connectivity index (χ4n) is 3.44. The van der Waals surface area contributed by atoms with Gasteiger partial charge in [-0.2, -0.15) is 0 Å². The van der Waals surface area contributed by atoms with Crippen LogP contribution in [0.1, 0.15) is 47.5 Å². The van der Waals surface area contributed by atoms with Crippen molar-refractivity contribution < 1.29 is 9.59 Å². The Morgan fingerprint density at radius 3 is 2.50 bits per heavy atom. The van der Waals surface area contributed by atoms with E-state index in [1.807, 2.05) is 30.3 Å². The molecule has 0 aliphatic heterocycles. The number of nitrogens with zero attached hydrogens (tertiary/aromatic N) is 3. The minimum Gasteiger partial charge on any atom is -0.322 e. The number of carbonyl (C=O) groups excluding carboxylic acids is 2. The van der Waals surface area contributed by atoms with E-state index in [2.05, 4.69) is 28.7 Å². The fourth-order valence-corrected chi connectivity index (χ4v) is 3.44. The number of hydrogen-bond acceptors (Lipinski definition) is 4. The molecule has 4 rings (SSSR count). The standard InChI is InChI=1S/C24H22N4O2/c1-15(2)28-22(27-21-11-6-12-25-23(21)28)18-8-4-9-19(13-18)24(30)26-20-10-5-7-17(14-20)16(3)29/h4-15H,1-3H3,(H,26,30). The van der Waals surface area contributed by atoms with E-state index in [-0.39, 0.29) is 17.7 Å². The van der Waals surface area contributed by atoms with E-state index in [4.69, 9.17) is 4.98 Å². The van der Waals surface area contributed by atoms with Crippen LogP contribution in [-0.4, -0.2) is 26.2 Å². The largest absolute Gasteiger partial charge is 0.322 e. The Morgan fingerprint density at radius 1 is 0.967 bits per heavy atom. The molecule has 2 aromatic heterocycles. The van der Waals surface area contributed by atoms with Crippen LogP contribution in [0.5, 0.6) is 0 Å². The number of rotatable bonds is 5. The third kappa shape index (κ3) is 3.72. The molecule has 6 nitrogen and oxygen atoms in total. The molecule has 0 bridgehead atoms. The van der Waals surface area contributed by atoms with Gasteiger partial charge >= 0.3 is 0 Å². The highest BCUT2D eigenvalue weighted by Gasteiger charge is 2.17. The van der Waals surface area contributed by atoms with Crippen LogP contribution in [0, 0.1) is 0 Å². The summed E-state index contributed by atoms with van der Waals surface area (Å²) in [5, 5.41) is 2.87. The van der Waals surface area contributed by atoms with Crippen molar-refractivity contribution in [3.8, 4) is 11.4 Å². The summed E-state index contributed by atoms with van der Waals surface area (Å²) in [5.41, 5.74) is 4.12. The zero-order valence-electron chi connectivity index (χ0n) is 17.1. The van der Waals surface area contributed by atoms with Gasteiger partial charge in [0.2, 0.25) is 0 Å². The van der Waals surface area contributed by atoms with Crippen molar-refractivity contribution >= 4 is 28.5 Å². The Labute approximate surface area is 174 Å². The van der Waals surface area contributed by atoms with Crippen molar-refractivity contribution in [1.29, 1.82) is 0 Å². The lowest BCUT2D eigenvalue weighted by Crippen LogP contribution is -2.12. The van der Waals surface area contributed by atoms with Crippen molar-refractivity contribution in [2.24, 2.45) is 0 Å². The first-order valence-electron chi connectivity index (χ1n) is 9.80. The summed E-state index contributed by atoms with van der Waals surface area (Å²) in [7, 11) is 0. The van der Waals surface area contributed by atoms with E-state index in [1.54, 1.807) is 36.5 Å². The van der Waals surface area contributed by atoms with Crippen LogP contribution in [0.15, 0.2) is 66.9 Å². The molecule has 30 heavy (non-hydrogen) atoms. The third-order valence-corrected chi connectivity index (χ3v) is 4.88. The van der Waals surface area contributed by atoms with E-state index in [1.165, 1.54) is 6.92 Å². The molecular formula is C24H22N4O2. The van der Waals surface area contributed by atoms with Crippen molar-refractivity contribution in [3.05, 3.63) is 78.0 Å². The summed E-state index contributed by atoms with van der Waals surface area (Å²) >= 11 is 0. The number of hydrogen-bond donors (Lipinski definition) is 1. The Balaban J connectivity index is 1.69. The van der Waals surface area contributed by atoms with Crippen molar-refractivity contribution in [1.82, 2.24) is 14.5 Å². The normalized spacial score (nSPS) is 11.1. The van der Waals surface area contributed by atoms with Gasteiger partial charge in [-0.05, 0) is 57.2 Å². The Kier molecular flexibility index (Phi) is 5.14. The number of amides is 1. The first-order chi connectivity index (χ1) is 14.4. The molecule has 150 valence electrons. The molecule has 2 aromatic carbocycles. The van der Waals surface area contributed by atoms with Gasteiger partial charge in [0.1, 0.15) is 11.3 Å². The topological polar surface area (TPSA) is 76.9 Å². The maximum atomic E-state index is 12.8. The van der Waals surface area contributed by atoms with Gasteiger partial charge in [-0.15, -0.1) is 0 Å². The molecule has 0 spiro atoms. The predicted octanol–water partition coefficient (Wildman–Crippen LogP) is 5.13. The number of carbonyl (C=O) groups is 2. The smallest absolute Gasteiger partial charge is 0.255 e. The van der Waals surface area contributed by atoms with Gasteiger partial charge < -0.3 is 9.88 Å². The van der Waals surface area contributed by atoms with Crippen LogP contribution >= 0.6 is 0 Å². The van der Waals surface area contributed by atoms with Gasteiger partial charge in [-0.3, -0.25) is 9.59 Å². The summed E-state index contributed by atoms with van der Waals surface area (Å²) in [5.74, 6) is 0.476. The monoisotopic (exact) mass is 398 g/mol. The number of aromatic nitrogens is 3. The number of anilines is 1. The lowest BCUT2D eigenvalue weighted by atomic mass is 10.1. The summed E-state index contributed by atoms with van der Waals surface area (Å²) in [6.45, 7) is 5.66. The van der Waals surface area contributed by atoms with E-state index < -0.39 is 0 Å². The second kappa shape index (κ2) is 7.91. The van der Waals surface area contributed by atoms with Crippen molar-refractivity contribution in [3.63, 3.8) is 0 Å². The van der Waals surface area contributed by atoms with Gasteiger partial charge in [-0.25, -0.2) is 9.97 Å². The quantitative estimate of drug-likeness (QED) is 0.473. The fraction of sp³-hybridized carbons (Fsp3) is 0.167. The molecule has 0 saturated heterocycles. The minimum absolute atomic E-state index is 0.0470. The molecule has 1 amide bonds. The molecule has 0 radical (unpaired) electrons. The Morgan fingerprint density at radius 2 is 1.73 bits per heavy atom. The second-order valence-electron chi connectivity index (χ2n) is 7.42. The molecule has 0 aliphatic carbocycles. The number of pyridine rings is 1. The molecular weight excluding hydrogens is 376 g/mol. The third-order valence-electron chi connectivity index (χ3n) is 4.88. The lowest BCUT2D eigenvalue weighted by molar-refractivity contribution is 0.101. The number of imidazole rings is 1. The maximum Gasteiger partial charge on any atom is 0.255 e. The van der Waals surface area contributed by atoms with Gasteiger partial charge in [-0.1, -0.05) is 24.3 Å². The second-order valence-corrected chi connectivity index (χ2v) is 7.42. The summed E-state index contributed by atoms with van der Waals surface area (Å²) < 4.78 is 2.07. The van der Waals surface area contributed by atoms with Crippen LogP contribution in [0.25, 0.3) is 22.6 Å². The first kappa shape index (κ1) is 19.5. The molecule has 1 N–H and O–H groups in total. The van der Waals surface area contributed by atoms with E-state index in [0.717, 1.165) is 22.6 Å². The van der Waals surface area contributed by atoms with Crippen LogP contribution in [0.2, 0.25) is 0 Å². The number of nitrogens with one attached hydrogen (secondary N) is 1. The van der Waals surface area contributed by atoms with Crippen LogP contribution in [0.3, 0.4) is 0 Å². The van der Waals surface area contributed by atoms with E-state index in [0.29, 0.717) is 16.8 Å². The van der Waals surface area contributed by atoms with E-state index in [9.17, 15) is 9.59 Å². The first-order valence-corrected chi connectivity index (χ1v) is 9.80. The maximum absolute atomic E-state index is 12.8. The van der Waals surface area contributed by atoms with Gasteiger partial charge in [0, 0.05) is 34.6 Å². The summed E-state index contributed by atoms with van der Waals surface area (Å²) in [4.78, 5) is 33.7. The van der Waals surface area contributed by atoms with Crippen LogP contribution in [-0.2, 0) is 0 Å². The molecule has 0 unspecified atom stereocenters. The molecule has 0 fully saturated rings. The lowest BCUT2D eigenvalue weighted by Gasteiger charge is -2.13. The number of ketones is 1. The van der Waals surface area contributed by atoms with Crippen molar-refractivity contribution in [2.75, 3.05) is 5.32 Å². The summed E-state index contributed by atoms with van der Waals surface area (Å²) in [6, 6.07) is 18.2. The van der Waals surface area contributed by atoms with Crippen LogP contribution in [0.4, 0.5) is 5.69 Å². The highest BCUT2D eigenvalue weighted by Crippen LogP contribution is 2.28. The highest BCUT2D eigenvalue weighted by atomic mass is 16.1. The van der Waals surface area contributed by atoms with Gasteiger partial charge in [0.25, 0.3) is 5.91 Å². The Hall–Kier alpha value is -3.80. The van der Waals surface area contributed by atoms with Gasteiger partial charge in [0.15, 0.2) is 11.4 Å². The van der Waals surface area contributed by atoms with E-state index >= 15 is 0 Å². The zero-order chi connectivity index (χ0) is 21.3. The molecule has 4 aromatic rings. The van der Waals surface area contributed by atoms with Crippen LogP contribution < -0.4 is 5.32 Å². The number of benzene rings is 2. The molecule has 0 saturated carbocycles.